The molecule has 38 heavy (non-hydrogen) atoms. The number of anilines is 2. The number of rotatable bonds is 10. The van der Waals surface area contributed by atoms with Crippen LogP contribution in [0.15, 0.2) is 84.9 Å². The largest absolute Gasteiger partial charge is 0.399 e. The molecule has 2 atom stereocenters. The van der Waals surface area contributed by atoms with Gasteiger partial charge in [-0.1, -0.05) is 101 Å². The molecule has 0 radical (unpaired) electrons. The zero-order valence-electron chi connectivity index (χ0n) is 23.8. The van der Waals surface area contributed by atoms with Crippen LogP contribution in [0.5, 0.6) is 0 Å². The first kappa shape index (κ1) is 27.5. The Labute approximate surface area is 230 Å². The van der Waals surface area contributed by atoms with Crippen molar-refractivity contribution in [3.05, 3.63) is 129 Å². The van der Waals surface area contributed by atoms with Gasteiger partial charge in [0, 0.05) is 29.1 Å². The van der Waals surface area contributed by atoms with Gasteiger partial charge in [0.05, 0.1) is 0 Å². The van der Waals surface area contributed by atoms with Gasteiger partial charge in [-0.3, -0.25) is 0 Å². The van der Waals surface area contributed by atoms with Gasteiger partial charge >= 0.3 is 0 Å². The van der Waals surface area contributed by atoms with Gasteiger partial charge in [0.1, 0.15) is 0 Å². The van der Waals surface area contributed by atoms with Gasteiger partial charge < -0.3 is 11.5 Å². The van der Waals surface area contributed by atoms with Crippen molar-refractivity contribution >= 4 is 11.4 Å². The minimum Gasteiger partial charge on any atom is -0.399 e. The highest BCUT2D eigenvalue weighted by molar-refractivity contribution is 5.49. The summed E-state index contributed by atoms with van der Waals surface area (Å²) in [5.74, 6) is 1.08. The molecule has 2 heteroatoms. The smallest absolute Gasteiger partial charge is 0.0316 e. The van der Waals surface area contributed by atoms with Gasteiger partial charge in [-0.25, -0.2) is 0 Å². The number of hydrogen-bond donors (Lipinski definition) is 2. The normalized spacial score (nSPS) is 13.7. The summed E-state index contributed by atoms with van der Waals surface area (Å²) in [6.07, 6.45) is 4.92. The molecule has 4 aromatic rings. The van der Waals surface area contributed by atoms with Gasteiger partial charge in [0.25, 0.3) is 0 Å². The molecular formula is C36H44N2. The van der Waals surface area contributed by atoms with E-state index in [1.54, 1.807) is 0 Å². The van der Waals surface area contributed by atoms with E-state index in [0.717, 1.165) is 11.4 Å². The first-order valence-electron chi connectivity index (χ1n) is 14.2. The molecule has 0 aliphatic carbocycles. The Morgan fingerprint density at radius 1 is 0.553 bits per heavy atom. The number of benzene rings is 4. The number of hydrogen-bond acceptors (Lipinski definition) is 2. The Morgan fingerprint density at radius 3 is 1.32 bits per heavy atom. The molecule has 0 saturated heterocycles. The maximum Gasteiger partial charge on any atom is 0.0316 e. The summed E-state index contributed by atoms with van der Waals surface area (Å²) in [4.78, 5) is 0. The molecular weight excluding hydrogens is 460 g/mol. The first-order chi connectivity index (χ1) is 18.3. The van der Waals surface area contributed by atoms with Gasteiger partial charge in [-0.05, 0) is 89.0 Å². The molecule has 198 valence electrons. The maximum absolute atomic E-state index is 5.99. The third-order valence-electron chi connectivity index (χ3n) is 8.29. The molecule has 0 saturated carbocycles. The molecule has 0 fully saturated rings. The van der Waals surface area contributed by atoms with E-state index < -0.39 is 0 Å². The molecule has 0 aliphatic rings. The van der Waals surface area contributed by atoms with Crippen LogP contribution in [-0.4, -0.2) is 0 Å². The Morgan fingerprint density at radius 2 is 0.947 bits per heavy atom. The number of nitrogens with two attached hydrogens (primary N) is 2. The van der Waals surface area contributed by atoms with Crippen molar-refractivity contribution in [2.75, 3.05) is 11.5 Å². The fraction of sp³-hybridized carbons (Fsp3) is 0.333. The lowest BCUT2D eigenvalue weighted by Crippen LogP contribution is -2.05. The quantitative estimate of drug-likeness (QED) is 0.167. The van der Waals surface area contributed by atoms with E-state index in [-0.39, 0.29) is 0 Å². The van der Waals surface area contributed by atoms with Gasteiger partial charge in [-0.15, -0.1) is 0 Å². The van der Waals surface area contributed by atoms with Gasteiger partial charge in [0.15, 0.2) is 0 Å². The van der Waals surface area contributed by atoms with Crippen LogP contribution in [0.3, 0.4) is 0 Å². The summed E-state index contributed by atoms with van der Waals surface area (Å²) in [6, 6.07) is 31.2. The van der Waals surface area contributed by atoms with Crippen LogP contribution in [0.1, 0.15) is 109 Å². The summed E-state index contributed by atoms with van der Waals surface area (Å²) < 4.78 is 0. The fourth-order valence-electron chi connectivity index (χ4n) is 5.89. The lowest BCUT2D eigenvalue weighted by molar-refractivity contribution is 0.618. The van der Waals surface area contributed by atoms with Crippen molar-refractivity contribution < 1.29 is 0 Å². The lowest BCUT2D eigenvalue weighted by Gasteiger charge is -2.22. The average molecular weight is 505 g/mol. The molecule has 4 rings (SSSR count). The lowest BCUT2D eigenvalue weighted by atomic mass is 9.83. The van der Waals surface area contributed by atoms with Crippen molar-refractivity contribution in [3.63, 3.8) is 0 Å². The van der Waals surface area contributed by atoms with Crippen LogP contribution >= 0.6 is 0 Å². The molecule has 0 aliphatic heterocycles. The molecule has 0 bridgehead atoms. The zero-order valence-corrected chi connectivity index (χ0v) is 23.8. The third-order valence-corrected chi connectivity index (χ3v) is 8.29. The van der Waals surface area contributed by atoms with Gasteiger partial charge in [-0.2, -0.15) is 0 Å². The molecule has 0 spiro atoms. The standard InChI is InChI=1S/C36H44N2/c1-6-7-8-9-36(30-14-10-28(11-15-30)26(4)34-20-18-32(37)22-24(34)2)31-16-12-29(13-17-31)27(5)35-21-19-33(38)23-25(35)3/h10-23,26-27,36H,6-9,37-38H2,1-5H3. The Balaban J connectivity index is 1.57. The number of unbranched alkanes of at least 4 members (excludes halogenated alkanes) is 2. The Kier molecular flexibility index (Phi) is 8.94. The van der Waals surface area contributed by atoms with Crippen molar-refractivity contribution in [1.29, 1.82) is 0 Å². The molecule has 2 unspecified atom stereocenters. The fourth-order valence-corrected chi connectivity index (χ4v) is 5.89. The Hall–Kier alpha value is -3.52. The van der Waals surface area contributed by atoms with E-state index in [0.29, 0.717) is 17.8 Å². The summed E-state index contributed by atoms with van der Waals surface area (Å²) in [7, 11) is 0. The van der Waals surface area contributed by atoms with Crippen molar-refractivity contribution in [2.24, 2.45) is 0 Å². The van der Waals surface area contributed by atoms with Crippen LogP contribution in [0, 0.1) is 13.8 Å². The van der Waals surface area contributed by atoms with Crippen LogP contribution in [0.25, 0.3) is 0 Å². The molecule has 2 nitrogen and oxygen atoms in total. The second-order valence-electron chi connectivity index (χ2n) is 11.1. The second-order valence-corrected chi connectivity index (χ2v) is 11.1. The summed E-state index contributed by atoms with van der Waals surface area (Å²) in [5, 5.41) is 0. The molecule has 0 aromatic heterocycles. The summed E-state index contributed by atoms with van der Waals surface area (Å²) in [6.45, 7) is 11.2. The topological polar surface area (TPSA) is 52.0 Å². The van der Waals surface area contributed by atoms with Crippen LogP contribution in [0.4, 0.5) is 11.4 Å². The van der Waals surface area contributed by atoms with Gasteiger partial charge in [0.2, 0.25) is 0 Å². The average Bonchev–Trinajstić information content (AvgIpc) is 2.91. The predicted molar refractivity (Wildman–Crippen MR) is 165 cm³/mol. The van der Waals surface area contributed by atoms with E-state index in [1.807, 2.05) is 12.1 Å². The molecule has 0 amide bonds. The second kappa shape index (κ2) is 12.3. The van der Waals surface area contributed by atoms with E-state index in [1.165, 1.54) is 70.2 Å². The molecule has 4 aromatic carbocycles. The monoisotopic (exact) mass is 504 g/mol. The van der Waals surface area contributed by atoms with E-state index in [9.17, 15) is 0 Å². The highest BCUT2D eigenvalue weighted by Gasteiger charge is 2.18. The summed E-state index contributed by atoms with van der Waals surface area (Å²) in [5.41, 5.74) is 24.3. The maximum atomic E-state index is 5.99. The minimum absolute atomic E-state index is 0.334. The first-order valence-corrected chi connectivity index (χ1v) is 14.2. The minimum atomic E-state index is 0.334. The number of aryl methyl sites for hydroxylation is 2. The van der Waals surface area contributed by atoms with Crippen LogP contribution in [0.2, 0.25) is 0 Å². The third kappa shape index (κ3) is 6.30. The van der Waals surface area contributed by atoms with Crippen LogP contribution in [-0.2, 0) is 0 Å². The van der Waals surface area contributed by atoms with Crippen molar-refractivity contribution in [1.82, 2.24) is 0 Å². The molecule has 4 N–H and O–H groups in total. The highest BCUT2D eigenvalue weighted by Crippen LogP contribution is 2.35. The van der Waals surface area contributed by atoms with E-state index >= 15 is 0 Å². The van der Waals surface area contributed by atoms with Crippen LogP contribution < -0.4 is 11.5 Å². The van der Waals surface area contributed by atoms with Crippen molar-refractivity contribution in [3.8, 4) is 0 Å². The highest BCUT2D eigenvalue weighted by atomic mass is 14.5. The van der Waals surface area contributed by atoms with E-state index in [2.05, 4.69) is 107 Å². The summed E-state index contributed by atoms with van der Waals surface area (Å²) >= 11 is 0. The SMILES string of the molecule is CCCCCC(c1ccc(C(C)c2ccc(N)cc2C)cc1)c1ccc(C(C)c2ccc(N)cc2C)cc1. The Bertz CT molecular complexity index is 1230. The molecule has 0 heterocycles. The number of nitrogen functional groups attached to an aromatic ring is 2. The zero-order chi connectivity index (χ0) is 27.2. The predicted octanol–water partition coefficient (Wildman–Crippen LogP) is 9.48. The van der Waals surface area contributed by atoms with Crippen molar-refractivity contribution in [2.45, 2.75) is 78.1 Å². The van der Waals surface area contributed by atoms with E-state index in [4.69, 9.17) is 11.5 Å².